The third kappa shape index (κ3) is 3.12. The van der Waals surface area contributed by atoms with E-state index in [1.807, 2.05) is 0 Å². The molecule has 1 aromatic rings. The van der Waals surface area contributed by atoms with E-state index in [0.29, 0.717) is 11.1 Å². The lowest BCUT2D eigenvalue weighted by Crippen LogP contribution is -1.99. The average molecular weight is 231 g/mol. The quantitative estimate of drug-likeness (QED) is 0.160. The highest BCUT2D eigenvalue weighted by molar-refractivity contribution is 5.69. The van der Waals surface area contributed by atoms with Crippen molar-refractivity contribution in [2.24, 2.45) is 5.11 Å². The van der Waals surface area contributed by atoms with Crippen LogP contribution < -0.4 is 5.73 Å². The van der Waals surface area contributed by atoms with Gasteiger partial charge in [-0.05, 0) is 24.1 Å². The third-order valence-corrected chi connectivity index (χ3v) is 1.94. The van der Waals surface area contributed by atoms with Crippen LogP contribution in [0.5, 0.6) is 0 Å². The van der Waals surface area contributed by atoms with Crippen LogP contribution in [0.1, 0.15) is 11.1 Å². The summed E-state index contributed by atoms with van der Waals surface area (Å²) in [6, 6.07) is 3.03. The van der Waals surface area contributed by atoms with E-state index < -0.39 is 4.92 Å². The Kier molecular flexibility index (Phi) is 3.92. The second-order valence-electron chi connectivity index (χ2n) is 3.19. The van der Waals surface area contributed by atoms with Crippen molar-refractivity contribution in [3.8, 4) is 11.8 Å². The lowest BCUT2D eigenvalue weighted by atomic mass is 10.1. The van der Waals surface area contributed by atoms with Crippen molar-refractivity contribution in [3.63, 3.8) is 0 Å². The molecule has 17 heavy (non-hydrogen) atoms. The van der Waals surface area contributed by atoms with Crippen LogP contribution in [-0.4, -0.2) is 11.5 Å². The van der Waals surface area contributed by atoms with Crippen LogP contribution in [0.4, 0.5) is 11.4 Å². The van der Waals surface area contributed by atoms with E-state index in [9.17, 15) is 10.1 Å². The van der Waals surface area contributed by atoms with Gasteiger partial charge in [-0.25, -0.2) is 0 Å². The number of hydrogen-bond acceptors (Lipinski definition) is 4. The largest absolute Gasteiger partial charge is 0.392 e. The number of hydrogen-bond donors (Lipinski definition) is 1. The Morgan fingerprint density at radius 1 is 1.65 bits per heavy atom. The molecular formula is C10H9N5O2. The Hall–Kier alpha value is -2.71. The summed E-state index contributed by atoms with van der Waals surface area (Å²) >= 11 is 0. The zero-order valence-corrected chi connectivity index (χ0v) is 9.04. The monoisotopic (exact) mass is 231 g/mol. The molecule has 0 fully saturated rings. The molecule has 0 aromatic heterocycles. The Morgan fingerprint density at radius 3 is 2.94 bits per heavy atom. The summed E-state index contributed by atoms with van der Waals surface area (Å²) in [4.78, 5) is 12.7. The maximum absolute atomic E-state index is 10.7. The van der Waals surface area contributed by atoms with Gasteiger partial charge in [0.2, 0.25) is 0 Å². The first-order valence-corrected chi connectivity index (χ1v) is 4.60. The second-order valence-corrected chi connectivity index (χ2v) is 3.19. The lowest BCUT2D eigenvalue weighted by molar-refractivity contribution is -0.383. The molecule has 86 valence electrons. The molecule has 1 aromatic carbocycles. The second kappa shape index (κ2) is 5.39. The SMILES string of the molecule is Cc1cc(C#CCN=[N+]=[N-])c(N)c([N+](=O)[O-])c1. The van der Waals surface area contributed by atoms with E-state index in [1.54, 1.807) is 13.0 Å². The summed E-state index contributed by atoms with van der Waals surface area (Å²) in [5.74, 6) is 5.20. The number of azide groups is 1. The van der Waals surface area contributed by atoms with Crippen molar-refractivity contribution in [1.29, 1.82) is 0 Å². The van der Waals surface area contributed by atoms with Crippen LogP contribution in [-0.2, 0) is 0 Å². The van der Waals surface area contributed by atoms with Gasteiger partial charge in [-0.1, -0.05) is 17.0 Å². The first-order valence-electron chi connectivity index (χ1n) is 4.60. The molecule has 0 aliphatic heterocycles. The van der Waals surface area contributed by atoms with Crippen molar-refractivity contribution < 1.29 is 4.92 Å². The maximum Gasteiger partial charge on any atom is 0.293 e. The van der Waals surface area contributed by atoms with Gasteiger partial charge < -0.3 is 5.73 Å². The average Bonchev–Trinajstić information content (AvgIpc) is 2.28. The Bertz CT molecular complexity index is 564. The fraction of sp³-hybridized carbons (Fsp3) is 0.200. The van der Waals surface area contributed by atoms with Gasteiger partial charge in [0.1, 0.15) is 5.69 Å². The number of anilines is 1. The Labute approximate surface area is 97.0 Å². The molecule has 0 saturated heterocycles. The summed E-state index contributed by atoms with van der Waals surface area (Å²) in [6.07, 6.45) is 0. The van der Waals surface area contributed by atoms with Crippen LogP contribution in [0.15, 0.2) is 17.2 Å². The zero-order valence-electron chi connectivity index (χ0n) is 9.04. The Balaban J connectivity index is 3.18. The number of benzene rings is 1. The molecule has 2 N–H and O–H groups in total. The van der Waals surface area contributed by atoms with Crippen molar-refractivity contribution in [2.75, 3.05) is 12.3 Å². The summed E-state index contributed by atoms with van der Waals surface area (Å²) in [5.41, 5.74) is 14.6. The van der Waals surface area contributed by atoms with Crippen LogP contribution in [0.2, 0.25) is 0 Å². The number of nitro groups is 1. The molecule has 7 nitrogen and oxygen atoms in total. The molecule has 7 heteroatoms. The van der Waals surface area contributed by atoms with Gasteiger partial charge in [0, 0.05) is 11.0 Å². The smallest absolute Gasteiger partial charge is 0.293 e. The van der Waals surface area contributed by atoms with E-state index in [1.165, 1.54) is 6.07 Å². The van der Waals surface area contributed by atoms with Gasteiger partial charge in [0.25, 0.3) is 5.69 Å². The van der Waals surface area contributed by atoms with Crippen LogP contribution in [0.25, 0.3) is 10.4 Å². The molecule has 0 saturated carbocycles. The maximum atomic E-state index is 10.7. The molecule has 0 spiro atoms. The van der Waals surface area contributed by atoms with Gasteiger partial charge in [0.15, 0.2) is 0 Å². The first-order chi connectivity index (χ1) is 8.06. The molecule has 0 aliphatic carbocycles. The number of aryl methyl sites for hydroxylation is 1. The number of nitrogens with zero attached hydrogens (tertiary/aromatic N) is 4. The van der Waals surface area contributed by atoms with E-state index in [2.05, 4.69) is 21.9 Å². The fourth-order valence-electron chi connectivity index (χ4n) is 1.23. The molecule has 0 amide bonds. The molecule has 1 rings (SSSR count). The van der Waals surface area contributed by atoms with Crippen molar-refractivity contribution in [3.05, 3.63) is 43.8 Å². The topological polar surface area (TPSA) is 118 Å². The molecule has 0 aliphatic rings. The highest BCUT2D eigenvalue weighted by atomic mass is 16.6. The van der Waals surface area contributed by atoms with Crippen LogP contribution >= 0.6 is 0 Å². The molecule has 0 heterocycles. The van der Waals surface area contributed by atoms with Crippen LogP contribution in [0, 0.1) is 28.9 Å². The number of rotatable bonds is 2. The molecule has 0 atom stereocenters. The predicted octanol–water partition coefficient (Wildman–Crippen LogP) is 2.15. The zero-order chi connectivity index (χ0) is 12.8. The van der Waals surface area contributed by atoms with Gasteiger partial charge in [-0.15, -0.1) is 0 Å². The standard InChI is InChI=1S/C10H9N5O2/c1-7-5-8(3-2-4-13-14-12)10(11)9(6-7)15(16)17/h5-6H,4,11H2,1H3. The highest BCUT2D eigenvalue weighted by Crippen LogP contribution is 2.26. The summed E-state index contributed by atoms with van der Waals surface area (Å²) in [7, 11) is 0. The Morgan fingerprint density at radius 2 is 2.35 bits per heavy atom. The van der Waals surface area contributed by atoms with Gasteiger partial charge in [0.05, 0.1) is 17.0 Å². The van der Waals surface area contributed by atoms with Crippen molar-refractivity contribution in [1.82, 2.24) is 0 Å². The molecule has 0 unspecified atom stereocenters. The summed E-state index contributed by atoms with van der Waals surface area (Å²) < 4.78 is 0. The molecule has 0 bridgehead atoms. The van der Waals surface area contributed by atoms with Crippen molar-refractivity contribution >= 4 is 11.4 Å². The predicted molar refractivity (Wildman–Crippen MR) is 63.1 cm³/mol. The highest BCUT2D eigenvalue weighted by Gasteiger charge is 2.14. The van der Waals surface area contributed by atoms with E-state index >= 15 is 0 Å². The van der Waals surface area contributed by atoms with Crippen LogP contribution in [0.3, 0.4) is 0 Å². The van der Waals surface area contributed by atoms with Gasteiger partial charge in [-0.2, -0.15) is 0 Å². The van der Waals surface area contributed by atoms with Gasteiger partial charge >= 0.3 is 0 Å². The number of nitrogen functional groups attached to an aromatic ring is 1. The minimum absolute atomic E-state index is 0.00230. The number of nitrogens with two attached hydrogens (primary N) is 1. The fourth-order valence-corrected chi connectivity index (χ4v) is 1.23. The van der Waals surface area contributed by atoms with E-state index in [0.717, 1.165) is 0 Å². The summed E-state index contributed by atoms with van der Waals surface area (Å²) in [5, 5.41) is 13.9. The van der Waals surface area contributed by atoms with Gasteiger partial charge in [-0.3, -0.25) is 10.1 Å². The normalized spacial score (nSPS) is 8.76. The van der Waals surface area contributed by atoms with E-state index in [4.69, 9.17) is 11.3 Å². The third-order valence-electron chi connectivity index (χ3n) is 1.94. The van der Waals surface area contributed by atoms with Crippen molar-refractivity contribution in [2.45, 2.75) is 6.92 Å². The minimum atomic E-state index is -0.555. The lowest BCUT2D eigenvalue weighted by Gasteiger charge is -2.01. The molecular weight excluding hydrogens is 222 g/mol. The van der Waals surface area contributed by atoms with E-state index in [-0.39, 0.29) is 17.9 Å². The summed E-state index contributed by atoms with van der Waals surface area (Å²) in [6.45, 7) is 1.71. The first kappa shape index (κ1) is 12.4. The molecule has 0 radical (unpaired) electrons. The number of nitro benzene ring substituents is 1. The minimum Gasteiger partial charge on any atom is -0.392 e.